The first-order valence-electron chi connectivity index (χ1n) is 0. The molecule has 0 rings (SSSR count). The Labute approximate surface area is 121 Å². The Kier molecular flexibility index (Phi) is 7060000. The van der Waals surface area contributed by atoms with Gasteiger partial charge >= 0.3 is 51.4 Å². The van der Waals surface area contributed by atoms with Crippen LogP contribution in [0.25, 0.3) is 0 Å². The Balaban J connectivity index is 0. The van der Waals surface area contributed by atoms with E-state index in [1.54, 1.807) is 0 Å². The van der Waals surface area contributed by atoms with Crippen LogP contribution in [-0.4, -0.2) is 51.4 Å². The first-order valence-corrected chi connectivity index (χ1v) is 0. The standard InChI is InChI=1S/15FH.K.H/h15*1H;;. The molecule has 16 heteroatoms. The second-order valence-electron chi connectivity index (χ2n) is 0. The topological polar surface area (TPSA) is 0 Å². The van der Waals surface area contributed by atoms with Gasteiger partial charge in [-0.3, -0.25) is 70.6 Å². The zero-order chi connectivity index (χ0) is 0. The van der Waals surface area contributed by atoms with Crippen molar-refractivity contribution in [3.63, 3.8) is 0 Å². The van der Waals surface area contributed by atoms with E-state index in [2.05, 4.69) is 0 Å². The molecule has 0 fully saturated rings. The summed E-state index contributed by atoms with van der Waals surface area (Å²) in [5, 5.41) is 0. The maximum atomic E-state index is 0. The first-order chi connectivity index (χ1) is 0. The van der Waals surface area contributed by atoms with Crippen LogP contribution in [0.4, 0.5) is 70.6 Å². The van der Waals surface area contributed by atoms with Gasteiger partial charge in [0.1, 0.15) is 0 Å². The third-order valence-corrected chi connectivity index (χ3v) is 0. The van der Waals surface area contributed by atoms with Gasteiger partial charge in [0.15, 0.2) is 0 Å². The van der Waals surface area contributed by atoms with Crippen LogP contribution in [0.2, 0.25) is 0 Å². The summed E-state index contributed by atoms with van der Waals surface area (Å²) < 4.78 is 0. The van der Waals surface area contributed by atoms with Gasteiger partial charge in [-0.15, -0.1) is 0 Å². The van der Waals surface area contributed by atoms with E-state index in [4.69, 9.17) is 0 Å². The molecule has 0 aliphatic rings. The fourth-order valence-corrected chi connectivity index (χ4v) is 0. The van der Waals surface area contributed by atoms with Gasteiger partial charge in [0.05, 0.1) is 0 Å². The molecule has 0 radical (unpaired) electrons. The van der Waals surface area contributed by atoms with E-state index in [-0.39, 0.29) is 122 Å². The molecule has 0 saturated heterocycles. The molecule has 0 spiro atoms. The quantitative estimate of drug-likeness (QED) is 0.465. The second kappa shape index (κ2) is 9650. The second-order valence-corrected chi connectivity index (χ2v) is 0. The molecule has 0 aromatic rings. The van der Waals surface area contributed by atoms with Gasteiger partial charge in [-0.2, -0.15) is 0 Å². The predicted molar refractivity (Wildman–Crippen MR) is 44.7 cm³/mol. The fraction of sp³-hybridized carbons (Fsp3) is 0. The molecular weight excluding hydrogens is 324 g/mol. The van der Waals surface area contributed by atoms with Crippen molar-refractivity contribution in [1.82, 2.24) is 0 Å². The summed E-state index contributed by atoms with van der Waals surface area (Å²) in [6, 6.07) is 0. The Morgan fingerprint density at radius 2 is 0.125 bits per heavy atom. The summed E-state index contributed by atoms with van der Waals surface area (Å²) in [4.78, 5) is 0. The Hall–Kier alpha value is 0.586. The van der Waals surface area contributed by atoms with Crippen LogP contribution in [0.15, 0.2) is 0 Å². The van der Waals surface area contributed by atoms with E-state index < -0.39 is 0 Å². The SMILES string of the molecule is F.F.F.F.F.F.F.F.F.F.F.F.F.F.F.[KH]. The van der Waals surface area contributed by atoms with Crippen molar-refractivity contribution in [2.45, 2.75) is 0 Å². The van der Waals surface area contributed by atoms with Crippen molar-refractivity contribution >= 4 is 51.4 Å². The van der Waals surface area contributed by atoms with Gasteiger partial charge < -0.3 is 0 Å². The van der Waals surface area contributed by atoms with Crippen molar-refractivity contribution in [1.29, 1.82) is 0 Å². The van der Waals surface area contributed by atoms with Crippen molar-refractivity contribution < 1.29 is 70.6 Å². The predicted octanol–water partition coefficient (Wildman–Crippen LogP) is 1.64. The maximum absolute atomic E-state index is 0. The van der Waals surface area contributed by atoms with E-state index in [9.17, 15) is 0 Å². The van der Waals surface area contributed by atoms with Crippen molar-refractivity contribution in [3.8, 4) is 0 Å². The number of hydrogen-bond donors (Lipinski definition) is 0. The molecule has 0 aromatic heterocycles. The van der Waals surface area contributed by atoms with Crippen LogP contribution in [-0.2, 0) is 0 Å². The van der Waals surface area contributed by atoms with Gasteiger partial charge in [0, 0.05) is 0 Å². The molecule has 0 heterocycles. The molecule has 0 nitrogen and oxygen atoms in total. The molecule has 0 atom stereocenters. The summed E-state index contributed by atoms with van der Waals surface area (Å²) in [6.07, 6.45) is 0. The van der Waals surface area contributed by atoms with Crippen LogP contribution >= 0.6 is 0 Å². The van der Waals surface area contributed by atoms with Gasteiger partial charge in [-0.25, -0.2) is 0 Å². The summed E-state index contributed by atoms with van der Waals surface area (Å²) in [7, 11) is 0. The van der Waals surface area contributed by atoms with E-state index in [0.29, 0.717) is 0 Å². The minimum absolute atomic E-state index is 0. The average Bonchev–Trinajstić information content (AvgIpc) is 0. The van der Waals surface area contributed by atoms with E-state index in [1.165, 1.54) is 0 Å². The molecule has 0 amide bonds. The molecule has 0 unspecified atom stereocenters. The Morgan fingerprint density at radius 1 is 0.125 bits per heavy atom. The van der Waals surface area contributed by atoms with Crippen LogP contribution in [0.1, 0.15) is 0 Å². The Morgan fingerprint density at radius 3 is 0.125 bits per heavy atom. The van der Waals surface area contributed by atoms with Gasteiger partial charge in [0.25, 0.3) is 0 Å². The van der Waals surface area contributed by atoms with Crippen molar-refractivity contribution in [2.24, 2.45) is 0 Å². The normalized spacial score (nSPS) is 0. The summed E-state index contributed by atoms with van der Waals surface area (Å²) in [5.74, 6) is 0. The zero-order valence-corrected chi connectivity index (χ0v) is 6.12. The van der Waals surface area contributed by atoms with E-state index in [0.717, 1.165) is 0 Å². The molecular formula is H16F15K. The Bertz CT molecular complexity index is 5.40. The minimum atomic E-state index is 0. The van der Waals surface area contributed by atoms with Crippen molar-refractivity contribution in [3.05, 3.63) is 0 Å². The monoisotopic (exact) mass is 340 g/mol. The van der Waals surface area contributed by atoms with Gasteiger partial charge in [-0.05, 0) is 0 Å². The van der Waals surface area contributed by atoms with Gasteiger partial charge in [-0.1, -0.05) is 0 Å². The molecule has 0 aliphatic heterocycles. The van der Waals surface area contributed by atoms with E-state index in [1.807, 2.05) is 0 Å². The molecule has 0 N–H and O–H groups in total. The van der Waals surface area contributed by atoms with E-state index >= 15 is 0 Å². The summed E-state index contributed by atoms with van der Waals surface area (Å²) >= 11 is 0. The average molecular weight is 340 g/mol. The molecule has 0 bridgehead atoms. The molecule has 0 aliphatic carbocycles. The first kappa shape index (κ1) is 11700. The molecule has 0 saturated carbocycles. The fourth-order valence-electron chi connectivity index (χ4n) is 0. The third kappa shape index (κ3) is 7830. The zero-order valence-electron chi connectivity index (χ0n) is 6.12. The molecule has 16 heavy (non-hydrogen) atoms. The van der Waals surface area contributed by atoms with Crippen molar-refractivity contribution in [2.75, 3.05) is 0 Å². The number of hydrogen-bond acceptors (Lipinski definition) is 0. The van der Waals surface area contributed by atoms with Crippen LogP contribution in [0.3, 0.4) is 0 Å². The molecule has 122 valence electrons. The number of rotatable bonds is 0. The van der Waals surface area contributed by atoms with Crippen LogP contribution in [0.5, 0.6) is 0 Å². The third-order valence-electron chi connectivity index (χ3n) is 0. The number of halogens is 15. The summed E-state index contributed by atoms with van der Waals surface area (Å²) in [5.41, 5.74) is 0. The molecule has 0 aromatic carbocycles. The van der Waals surface area contributed by atoms with Crippen LogP contribution in [0, 0.1) is 0 Å². The van der Waals surface area contributed by atoms with Gasteiger partial charge in [0.2, 0.25) is 0 Å². The summed E-state index contributed by atoms with van der Waals surface area (Å²) in [6.45, 7) is 0. The van der Waals surface area contributed by atoms with Crippen LogP contribution < -0.4 is 0 Å².